The Hall–Kier alpha value is -3.58. The minimum atomic E-state index is 0.145. The smallest absolute Gasteiger partial charge is 0.250 e. The maximum Gasteiger partial charge on any atom is 0.250 e. The number of methoxy groups -OCH3 is 1. The molecule has 1 aromatic heterocycles. The van der Waals surface area contributed by atoms with Crippen molar-refractivity contribution in [2.45, 2.75) is 38.6 Å². The summed E-state index contributed by atoms with van der Waals surface area (Å²) in [6, 6.07) is 15.1. The summed E-state index contributed by atoms with van der Waals surface area (Å²) in [5, 5.41) is 0. The zero-order valence-corrected chi connectivity index (χ0v) is 22.3. The predicted octanol–water partition coefficient (Wildman–Crippen LogP) is 5.18. The molecule has 3 heterocycles. The number of hydrogen-bond donors (Lipinski definition) is 0. The van der Waals surface area contributed by atoms with Gasteiger partial charge in [-0.1, -0.05) is 18.2 Å². The predicted molar refractivity (Wildman–Crippen MR) is 149 cm³/mol. The first-order valence-corrected chi connectivity index (χ1v) is 13.7. The van der Waals surface area contributed by atoms with E-state index >= 15 is 0 Å². The Labute approximate surface area is 224 Å². The van der Waals surface area contributed by atoms with E-state index in [0.29, 0.717) is 5.92 Å². The number of hydrogen-bond acceptors (Lipinski definition) is 5. The number of piperidine rings is 1. The summed E-state index contributed by atoms with van der Waals surface area (Å²) in [4.78, 5) is 22.7. The first-order chi connectivity index (χ1) is 18.6. The number of aryl methyl sites for hydroxylation is 1. The fourth-order valence-electron chi connectivity index (χ4n) is 5.81. The van der Waals surface area contributed by atoms with Crippen LogP contribution >= 0.6 is 0 Å². The molecule has 7 nitrogen and oxygen atoms in total. The Morgan fingerprint density at radius 2 is 1.87 bits per heavy atom. The third-order valence-corrected chi connectivity index (χ3v) is 7.93. The lowest BCUT2D eigenvalue weighted by molar-refractivity contribution is -0.131. The number of benzene rings is 2. The quantitative estimate of drug-likeness (QED) is 0.408. The Balaban J connectivity index is 1.23. The first-order valence-electron chi connectivity index (χ1n) is 13.7. The van der Waals surface area contributed by atoms with Gasteiger partial charge in [-0.05, 0) is 80.0 Å². The second-order valence-corrected chi connectivity index (χ2v) is 10.6. The number of nitrogens with zero attached hydrogens (tertiary/aromatic N) is 4. The van der Waals surface area contributed by atoms with Crippen LogP contribution in [0.3, 0.4) is 0 Å². The van der Waals surface area contributed by atoms with Crippen molar-refractivity contribution in [2.24, 2.45) is 5.92 Å². The molecular weight excluding hydrogens is 476 g/mol. The van der Waals surface area contributed by atoms with Crippen LogP contribution in [0.15, 0.2) is 60.6 Å². The number of morpholine rings is 1. The summed E-state index contributed by atoms with van der Waals surface area (Å²) in [6.45, 7) is 6.19. The first kappa shape index (κ1) is 24.7. The van der Waals surface area contributed by atoms with E-state index in [4.69, 9.17) is 9.47 Å². The average Bonchev–Trinajstić information content (AvgIpc) is 3.70. The van der Waals surface area contributed by atoms with Gasteiger partial charge >= 0.3 is 0 Å². The molecule has 1 amide bonds. The normalized spacial score (nSPS) is 20.2. The van der Waals surface area contributed by atoms with Gasteiger partial charge in [-0.3, -0.25) is 4.79 Å². The van der Waals surface area contributed by atoms with Crippen molar-refractivity contribution in [1.82, 2.24) is 14.5 Å². The lowest BCUT2D eigenvalue weighted by atomic mass is 9.94. The molecule has 7 heteroatoms. The fourth-order valence-corrected chi connectivity index (χ4v) is 5.81. The standard InChI is InChI=1S/C31H36N4O3/c1-22-20-34(21-32-22)28-12-5-23(19-29(28)37-2)18-26-4-3-13-35(31(26)36)30(24-6-7-24)25-8-10-27(11-9-25)33-14-16-38-17-15-33/h5,8-12,18-21,24,30H,3-4,6-7,13-17H2,1-2H3/b26-18+/t30-/m1/s1. The number of likely N-dealkylation sites (tertiary alicyclic amines) is 1. The molecule has 0 spiro atoms. The van der Waals surface area contributed by atoms with Gasteiger partial charge in [-0.25, -0.2) is 4.98 Å². The van der Waals surface area contributed by atoms with Crippen molar-refractivity contribution in [3.63, 3.8) is 0 Å². The molecule has 198 valence electrons. The Kier molecular flexibility index (Phi) is 6.94. The molecule has 38 heavy (non-hydrogen) atoms. The Morgan fingerprint density at radius 1 is 1.08 bits per heavy atom. The highest BCUT2D eigenvalue weighted by Crippen LogP contribution is 2.46. The molecule has 0 radical (unpaired) electrons. The molecule has 3 aliphatic rings. The van der Waals surface area contributed by atoms with Crippen LogP contribution < -0.4 is 9.64 Å². The van der Waals surface area contributed by atoms with Crippen molar-refractivity contribution in [2.75, 3.05) is 44.9 Å². The van der Waals surface area contributed by atoms with Gasteiger partial charge in [0.15, 0.2) is 0 Å². The zero-order chi connectivity index (χ0) is 26.1. The second kappa shape index (κ2) is 10.7. The van der Waals surface area contributed by atoms with Gasteiger partial charge in [0.2, 0.25) is 5.91 Å². The van der Waals surface area contributed by atoms with E-state index in [9.17, 15) is 4.79 Å². The van der Waals surface area contributed by atoms with Crippen LogP contribution in [0.25, 0.3) is 11.8 Å². The van der Waals surface area contributed by atoms with Crippen LogP contribution in [0.1, 0.15) is 48.5 Å². The van der Waals surface area contributed by atoms with E-state index in [1.807, 2.05) is 35.9 Å². The zero-order valence-electron chi connectivity index (χ0n) is 22.3. The van der Waals surface area contributed by atoms with E-state index < -0.39 is 0 Å². The van der Waals surface area contributed by atoms with E-state index in [1.165, 1.54) is 24.1 Å². The highest BCUT2D eigenvalue weighted by atomic mass is 16.5. The molecule has 2 saturated heterocycles. The van der Waals surface area contributed by atoms with E-state index in [1.54, 1.807) is 13.4 Å². The Bertz CT molecular complexity index is 1320. The third-order valence-electron chi connectivity index (χ3n) is 7.93. The Morgan fingerprint density at radius 3 is 2.55 bits per heavy atom. The second-order valence-electron chi connectivity index (χ2n) is 10.6. The van der Waals surface area contributed by atoms with Gasteiger partial charge in [-0.15, -0.1) is 0 Å². The molecule has 0 bridgehead atoms. The summed E-state index contributed by atoms with van der Waals surface area (Å²) >= 11 is 0. The highest BCUT2D eigenvalue weighted by Gasteiger charge is 2.40. The number of aromatic nitrogens is 2. The number of imidazole rings is 1. The molecule has 2 aromatic carbocycles. The number of ether oxygens (including phenoxy) is 2. The molecule has 3 aromatic rings. The molecule has 0 N–H and O–H groups in total. The summed E-state index contributed by atoms with van der Waals surface area (Å²) in [5.74, 6) is 1.47. The third kappa shape index (κ3) is 5.07. The van der Waals surface area contributed by atoms with Crippen LogP contribution in [-0.4, -0.2) is 60.3 Å². The molecule has 3 fully saturated rings. The topological polar surface area (TPSA) is 59.8 Å². The van der Waals surface area contributed by atoms with Crippen molar-refractivity contribution in [1.29, 1.82) is 0 Å². The van der Waals surface area contributed by atoms with Gasteiger partial charge in [0.05, 0.1) is 44.1 Å². The van der Waals surface area contributed by atoms with Gasteiger partial charge in [0.25, 0.3) is 0 Å². The SMILES string of the molecule is COc1cc(/C=C2\CCCN([C@@H](c3ccc(N4CCOCC4)cc3)C3CC3)C2=O)ccc1-n1cnc(C)c1. The van der Waals surface area contributed by atoms with Gasteiger partial charge < -0.3 is 23.8 Å². The van der Waals surface area contributed by atoms with Crippen LogP contribution in [0, 0.1) is 12.8 Å². The maximum absolute atomic E-state index is 13.8. The summed E-state index contributed by atoms with van der Waals surface area (Å²) in [7, 11) is 1.68. The van der Waals surface area contributed by atoms with Gasteiger partial charge in [-0.2, -0.15) is 0 Å². The highest BCUT2D eigenvalue weighted by molar-refractivity contribution is 5.99. The maximum atomic E-state index is 13.8. The average molecular weight is 513 g/mol. The number of carbonyl (C=O) groups is 1. The van der Waals surface area contributed by atoms with Crippen LogP contribution in [0.4, 0.5) is 5.69 Å². The van der Waals surface area contributed by atoms with Crippen LogP contribution in [0.2, 0.25) is 0 Å². The van der Waals surface area contributed by atoms with Crippen molar-refractivity contribution < 1.29 is 14.3 Å². The molecule has 1 saturated carbocycles. The minimum absolute atomic E-state index is 0.145. The number of anilines is 1. The summed E-state index contributed by atoms with van der Waals surface area (Å²) < 4.78 is 13.2. The summed E-state index contributed by atoms with van der Waals surface area (Å²) in [5.41, 5.74) is 6.22. The van der Waals surface area contributed by atoms with E-state index in [-0.39, 0.29) is 11.9 Å². The van der Waals surface area contributed by atoms with Crippen LogP contribution in [-0.2, 0) is 9.53 Å². The molecule has 0 unspecified atom stereocenters. The van der Waals surface area contributed by atoms with Gasteiger partial charge in [0, 0.05) is 37.1 Å². The lowest BCUT2D eigenvalue weighted by Crippen LogP contribution is -2.40. The number of rotatable bonds is 7. The van der Waals surface area contributed by atoms with Gasteiger partial charge in [0.1, 0.15) is 5.75 Å². The van der Waals surface area contributed by atoms with E-state index in [2.05, 4.69) is 45.1 Å². The molecule has 2 aliphatic heterocycles. The van der Waals surface area contributed by atoms with E-state index in [0.717, 1.165) is 74.0 Å². The van der Waals surface area contributed by atoms with Crippen molar-refractivity contribution in [3.05, 3.63) is 77.4 Å². The van der Waals surface area contributed by atoms with Crippen LogP contribution in [0.5, 0.6) is 5.75 Å². The molecule has 6 rings (SSSR count). The molecule has 1 atom stereocenters. The monoisotopic (exact) mass is 512 g/mol. The molecular formula is C31H36N4O3. The number of amides is 1. The fraction of sp³-hybridized carbons (Fsp3) is 0.419. The minimum Gasteiger partial charge on any atom is -0.495 e. The van der Waals surface area contributed by atoms with Crippen molar-refractivity contribution >= 4 is 17.7 Å². The lowest BCUT2D eigenvalue weighted by Gasteiger charge is -2.37. The largest absolute Gasteiger partial charge is 0.495 e. The number of carbonyl (C=O) groups excluding carboxylic acids is 1. The summed E-state index contributed by atoms with van der Waals surface area (Å²) in [6.07, 6.45) is 9.97. The van der Waals surface area contributed by atoms with Crippen molar-refractivity contribution in [3.8, 4) is 11.4 Å². The molecule has 1 aliphatic carbocycles.